The van der Waals surface area contributed by atoms with Gasteiger partial charge in [0.05, 0.1) is 11.9 Å². The van der Waals surface area contributed by atoms with Gasteiger partial charge in [0.15, 0.2) is 0 Å². The summed E-state index contributed by atoms with van der Waals surface area (Å²) >= 11 is 0. The zero-order valence-electron chi connectivity index (χ0n) is 14.8. The highest BCUT2D eigenvalue weighted by atomic mass is 32.2. The van der Waals surface area contributed by atoms with Crippen LogP contribution >= 0.6 is 0 Å². The number of rotatable bonds is 6. The second-order valence-corrected chi connectivity index (χ2v) is 8.18. The summed E-state index contributed by atoms with van der Waals surface area (Å²) in [6, 6.07) is 4.32. The number of aryl methyl sites for hydroxylation is 1. The lowest BCUT2D eigenvalue weighted by Gasteiger charge is -2.29. The Kier molecular flexibility index (Phi) is 6.05. The topological polar surface area (TPSA) is 95.6 Å². The maximum atomic E-state index is 12.4. The fourth-order valence-electron chi connectivity index (χ4n) is 2.80. The monoisotopic (exact) mass is 367 g/mol. The van der Waals surface area contributed by atoms with Crippen LogP contribution in [0.25, 0.3) is 0 Å². The first-order valence-corrected chi connectivity index (χ1v) is 10.3. The van der Waals surface area contributed by atoms with Gasteiger partial charge in [-0.2, -0.15) is 0 Å². The molecule has 1 atom stereocenters. The molecule has 8 heteroatoms. The van der Waals surface area contributed by atoms with Gasteiger partial charge in [-0.05, 0) is 49.9 Å². The van der Waals surface area contributed by atoms with Crippen molar-refractivity contribution in [1.29, 1.82) is 0 Å². The van der Waals surface area contributed by atoms with Gasteiger partial charge >= 0.3 is 0 Å². The van der Waals surface area contributed by atoms with Gasteiger partial charge in [0.1, 0.15) is 6.04 Å². The van der Waals surface area contributed by atoms with Crippen LogP contribution in [0.2, 0.25) is 0 Å². The lowest BCUT2D eigenvalue weighted by molar-refractivity contribution is -0.122. The fourth-order valence-corrected chi connectivity index (χ4v) is 3.79. The van der Waals surface area contributed by atoms with E-state index in [4.69, 9.17) is 0 Å². The third-order valence-electron chi connectivity index (χ3n) is 4.11. The molecule has 0 saturated heterocycles. The van der Waals surface area contributed by atoms with Gasteiger partial charge in [0, 0.05) is 18.7 Å². The predicted octanol–water partition coefficient (Wildman–Crippen LogP) is 1.04. The molecule has 1 aromatic carbocycles. The molecule has 1 heterocycles. The molecule has 0 radical (unpaired) electrons. The average molecular weight is 367 g/mol. The largest absolute Gasteiger partial charge is 0.354 e. The Morgan fingerprint density at radius 1 is 1.32 bits per heavy atom. The van der Waals surface area contributed by atoms with E-state index >= 15 is 0 Å². The molecule has 1 aliphatic rings. The zero-order chi connectivity index (χ0) is 18.6. The summed E-state index contributed by atoms with van der Waals surface area (Å²) in [5.74, 6) is -0.574. The molecule has 138 valence electrons. The van der Waals surface area contributed by atoms with Gasteiger partial charge in [-0.15, -0.1) is 0 Å². The molecule has 0 spiro atoms. The number of hydrogen-bond donors (Lipinski definition) is 2. The Labute approximate surface area is 148 Å². The van der Waals surface area contributed by atoms with Crippen molar-refractivity contribution in [3.05, 3.63) is 29.3 Å². The predicted molar refractivity (Wildman–Crippen MR) is 97.2 cm³/mol. The lowest BCUT2D eigenvalue weighted by atomic mass is 10.0. The van der Waals surface area contributed by atoms with Crippen molar-refractivity contribution >= 4 is 27.5 Å². The standard InChI is InChI=1S/C17H25N3O4S/c1-4-9-18-16(21)12(2)19-17(22)14-7-8-15-13(11-14)6-5-10-20(15)25(3,23)24/h7-8,11-12H,4-6,9-10H2,1-3H3,(H,18,21)(H,19,22). The van der Waals surface area contributed by atoms with Crippen LogP contribution < -0.4 is 14.9 Å². The molecule has 0 bridgehead atoms. The molecule has 0 fully saturated rings. The van der Waals surface area contributed by atoms with Crippen LogP contribution in [0.5, 0.6) is 0 Å². The van der Waals surface area contributed by atoms with Crippen LogP contribution in [0.4, 0.5) is 5.69 Å². The van der Waals surface area contributed by atoms with Crippen LogP contribution in [0.3, 0.4) is 0 Å². The summed E-state index contributed by atoms with van der Waals surface area (Å²) in [5, 5.41) is 5.40. The minimum Gasteiger partial charge on any atom is -0.354 e. The number of carbonyl (C=O) groups is 2. The third-order valence-corrected chi connectivity index (χ3v) is 5.29. The van der Waals surface area contributed by atoms with Gasteiger partial charge in [0.25, 0.3) is 5.91 Å². The van der Waals surface area contributed by atoms with E-state index in [1.54, 1.807) is 25.1 Å². The van der Waals surface area contributed by atoms with Crippen molar-refractivity contribution in [3.63, 3.8) is 0 Å². The number of amides is 2. The first kappa shape index (κ1) is 19.2. The number of fused-ring (bicyclic) bond motifs is 1. The van der Waals surface area contributed by atoms with Crippen molar-refractivity contribution in [2.45, 2.75) is 39.2 Å². The van der Waals surface area contributed by atoms with Crippen LogP contribution in [0.1, 0.15) is 42.6 Å². The molecule has 2 amide bonds. The van der Waals surface area contributed by atoms with Crippen molar-refractivity contribution in [2.24, 2.45) is 0 Å². The second-order valence-electron chi connectivity index (χ2n) is 6.27. The molecule has 0 aromatic heterocycles. The molecule has 1 unspecified atom stereocenters. The van der Waals surface area contributed by atoms with Crippen LogP contribution in [-0.4, -0.2) is 45.6 Å². The molecule has 2 N–H and O–H groups in total. The third kappa shape index (κ3) is 4.72. The molecule has 25 heavy (non-hydrogen) atoms. The van der Waals surface area contributed by atoms with Crippen molar-refractivity contribution < 1.29 is 18.0 Å². The Hall–Kier alpha value is -2.09. The van der Waals surface area contributed by atoms with E-state index in [1.807, 2.05) is 6.92 Å². The molecule has 1 aliphatic heterocycles. The van der Waals surface area contributed by atoms with Gasteiger partial charge in [-0.1, -0.05) is 6.92 Å². The van der Waals surface area contributed by atoms with E-state index < -0.39 is 16.1 Å². The Bertz CT molecular complexity index is 761. The molecule has 0 aliphatic carbocycles. The van der Waals surface area contributed by atoms with E-state index in [-0.39, 0.29) is 11.8 Å². The number of sulfonamides is 1. The normalized spacial score (nSPS) is 15.2. The van der Waals surface area contributed by atoms with E-state index in [0.717, 1.165) is 18.4 Å². The first-order valence-electron chi connectivity index (χ1n) is 8.43. The van der Waals surface area contributed by atoms with E-state index in [0.29, 0.717) is 30.8 Å². The highest BCUT2D eigenvalue weighted by Crippen LogP contribution is 2.29. The fraction of sp³-hybridized carbons (Fsp3) is 0.529. The summed E-state index contributed by atoms with van der Waals surface area (Å²) in [5.41, 5.74) is 1.87. The van der Waals surface area contributed by atoms with E-state index in [9.17, 15) is 18.0 Å². The number of anilines is 1. The van der Waals surface area contributed by atoms with Gasteiger partial charge in [0.2, 0.25) is 15.9 Å². The van der Waals surface area contributed by atoms with E-state index in [2.05, 4.69) is 10.6 Å². The molecule has 1 aromatic rings. The zero-order valence-corrected chi connectivity index (χ0v) is 15.6. The quantitative estimate of drug-likeness (QED) is 0.785. The summed E-state index contributed by atoms with van der Waals surface area (Å²) in [6.07, 6.45) is 3.43. The molecular formula is C17H25N3O4S. The minimum atomic E-state index is -3.33. The van der Waals surface area contributed by atoms with Crippen molar-refractivity contribution in [3.8, 4) is 0 Å². The number of hydrogen-bond acceptors (Lipinski definition) is 4. The maximum absolute atomic E-state index is 12.4. The maximum Gasteiger partial charge on any atom is 0.251 e. The lowest BCUT2D eigenvalue weighted by Crippen LogP contribution is -2.45. The van der Waals surface area contributed by atoms with E-state index in [1.165, 1.54) is 10.6 Å². The summed E-state index contributed by atoms with van der Waals surface area (Å²) in [6.45, 7) is 4.61. The van der Waals surface area contributed by atoms with Crippen LogP contribution in [-0.2, 0) is 21.2 Å². The van der Waals surface area contributed by atoms with Crippen LogP contribution in [0, 0.1) is 0 Å². The highest BCUT2D eigenvalue weighted by Gasteiger charge is 2.25. The van der Waals surface area contributed by atoms with Crippen molar-refractivity contribution in [2.75, 3.05) is 23.7 Å². The molecule has 0 saturated carbocycles. The second kappa shape index (κ2) is 7.86. The van der Waals surface area contributed by atoms with Crippen LogP contribution in [0.15, 0.2) is 18.2 Å². The number of benzene rings is 1. The number of nitrogens with one attached hydrogen (secondary N) is 2. The van der Waals surface area contributed by atoms with Crippen molar-refractivity contribution in [1.82, 2.24) is 10.6 Å². The van der Waals surface area contributed by atoms with Gasteiger partial charge in [-0.3, -0.25) is 13.9 Å². The SMILES string of the molecule is CCCNC(=O)C(C)NC(=O)c1ccc2c(c1)CCCN2S(C)(=O)=O. The van der Waals surface area contributed by atoms with Gasteiger partial charge < -0.3 is 10.6 Å². The molecule has 7 nitrogen and oxygen atoms in total. The minimum absolute atomic E-state index is 0.226. The molecular weight excluding hydrogens is 342 g/mol. The summed E-state index contributed by atoms with van der Waals surface area (Å²) < 4.78 is 25.1. The molecule has 2 rings (SSSR count). The average Bonchev–Trinajstić information content (AvgIpc) is 2.57. The summed E-state index contributed by atoms with van der Waals surface area (Å²) in [7, 11) is -3.33. The van der Waals surface area contributed by atoms with Gasteiger partial charge in [-0.25, -0.2) is 8.42 Å². The Morgan fingerprint density at radius 3 is 2.68 bits per heavy atom. The first-order chi connectivity index (χ1) is 11.7. The smallest absolute Gasteiger partial charge is 0.251 e. The number of carbonyl (C=O) groups excluding carboxylic acids is 2. The summed E-state index contributed by atoms with van der Waals surface area (Å²) in [4.78, 5) is 24.2. The Balaban J connectivity index is 2.13. The number of nitrogens with zero attached hydrogens (tertiary/aromatic N) is 1. The Morgan fingerprint density at radius 2 is 2.04 bits per heavy atom. The highest BCUT2D eigenvalue weighted by molar-refractivity contribution is 7.92.